The molecule has 2 heterocycles. The van der Waals surface area contributed by atoms with Gasteiger partial charge < -0.3 is 0 Å². The maximum Gasteiger partial charge on any atom is 0.262 e. The van der Waals surface area contributed by atoms with Gasteiger partial charge in [0.15, 0.2) is 5.16 Å². The van der Waals surface area contributed by atoms with E-state index >= 15 is 0 Å². The second kappa shape index (κ2) is 7.38. The van der Waals surface area contributed by atoms with E-state index in [1.54, 1.807) is 16.3 Å². The van der Waals surface area contributed by atoms with E-state index in [1.807, 2.05) is 28.7 Å². The Morgan fingerprint density at radius 3 is 2.71 bits per heavy atom. The molecule has 0 aliphatic rings. The highest BCUT2D eigenvalue weighted by molar-refractivity contribution is 7.99. The molecule has 1 atom stereocenters. The molecule has 0 fully saturated rings. The van der Waals surface area contributed by atoms with Crippen molar-refractivity contribution in [3.63, 3.8) is 0 Å². The zero-order chi connectivity index (χ0) is 17.1. The van der Waals surface area contributed by atoms with Crippen molar-refractivity contribution in [2.24, 2.45) is 0 Å². The van der Waals surface area contributed by atoms with Crippen LogP contribution in [0.1, 0.15) is 46.5 Å². The van der Waals surface area contributed by atoms with Crippen molar-refractivity contribution >= 4 is 28.4 Å². The standard InChI is InChI=1S/C18H24N4OS/c1-4-6-9-12-21-16(23)14-10-7-8-11-15(14)22-17(21)19-20-18(22)24-13(3)5-2/h7-8,10-11,13H,4-6,9,12H2,1-3H3. The predicted octanol–water partition coefficient (Wildman–Crippen LogP) is 4.13. The van der Waals surface area contributed by atoms with Gasteiger partial charge in [-0.15, -0.1) is 10.2 Å². The summed E-state index contributed by atoms with van der Waals surface area (Å²) in [5, 5.41) is 10.8. The number of hydrogen-bond acceptors (Lipinski definition) is 4. The summed E-state index contributed by atoms with van der Waals surface area (Å²) in [7, 11) is 0. The van der Waals surface area contributed by atoms with Gasteiger partial charge in [-0.1, -0.05) is 57.5 Å². The van der Waals surface area contributed by atoms with Crippen molar-refractivity contribution in [2.75, 3.05) is 0 Å². The highest BCUT2D eigenvalue weighted by Gasteiger charge is 2.17. The number of para-hydroxylation sites is 1. The van der Waals surface area contributed by atoms with Crippen molar-refractivity contribution in [1.29, 1.82) is 0 Å². The second-order valence-corrected chi connectivity index (χ2v) is 7.54. The lowest BCUT2D eigenvalue weighted by molar-refractivity contribution is 0.594. The minimum Gasteiger partial charge on any atom is -0.276 e. The van der Waals surface area contributed by atoms with E-state index in [9.17, 15) is 4.79 Å². The summed E-state index contributed by atoms with van der Waals surface area (Å²) in [6, 6.07) is 7.74. The molecule has 0 N–H and O–H groups in total. The third-order valence-corrected chi connectivity index (χ3v) is 5.56. The van der Waals surface area contributed by atoms with Gasteiger partial charge >= 0.3 is 0 Å². The fourth-order valence-electron chi connectivity index (χ4n) is 2.79. The SMILES string of the molecule is CCCCCn1c(=O)c2ccccc2n2c(SC(C)CC)nnc12. The van der Waals surface area contributed by atoms with Crippen molar-refractivity contribution in [3.05, 3.63) is 34.6 Å². The molecule has 5 nitrogen and oxygen atoms in total. The summed E-state index contributed by atoms with van der Waals surface area (Å²) in [5.41, 5.74) is 0.918. The van der Waals surface area contributed by atoms with Crippen LogP contribution < -0.4 is 5.56 Å². The second-order valence-electron chi connectivity index (χ2n) is 6.14. The summed E-state index contributed by atoms with van der Waals surface area (Å²) in [5.74, 6) is 0.653. The first kappa shape index (κ1) is 17.0. The van der Waals surface area contributed by atoms with E-state index < -0.39 is 0 Å². The molecule has 1 aromatic carbocycles. The molecule has 0 saturated heterocycles. The molecule has 128 valence electrons. The molecule has 0 radical (unpaired) electrons. The molecule has 3 rings (SSSR count). The van der Waals surface area contributed by atoms with Gasteiger partial charge in [-0.2, -0.15) is 0 Å². The van der Waals surface area contributed by atoms with Crippen LogP contribution in [-0.4, -0.2) is 24.4 Å². The van der Waals surface area contributed by atoms with Crippen LogP contribution in [0.4, 0.5) is 0 Å². The fraction of sp³-hybridized carbons (Fsp3) is 0.500. The number of unbranched alkanes of at least 4 members (excludes halogenated alkanes) is 2. The van der Waals surface area contributed by atoms with Gasteiger partial charge in [0.25, 0.3) is 5.56 Å². The van der Waals surface area contributed by atoms with Crippen molar-refractivity contribution < 1.29 is 0 Å². The van der Waals surface area contributed by atoms with Crippen molar-refractivity contribution in [3.8, 4) is 0 Å². The molecule has 0 aliphatic carbocycles. The summed E-state index contributed by atoms with van der Waals surface area (Å²) in [6.07, 6.45) is 4.27. The molecule has 0 amide bonds. The maximum atomic E-state index is 12.9. The molecule has 1 unspecified atom stereocenters. The lowest BCUT2D eigenvalue weighted by Gasteiger charge is -2.12. The Kier molecular flexibility index (Phi) is 5.23. The molecule has 24 heavy (non-hydrogen) atoms. The van der Waals surface area contributed by atoms with Gasteiger partial charge in [0.2, 0.25) is 5.78 Å². The van der Waals surface area contributed by atoms with E-state index in [0.29, 0.717) is 17.6 Å². The van der Waals surface area contributed by atoms with Gasteiger partial charge in [-0.05, 0) is 25.0 Å². The molecule has 0 saturated carbocycles. The fourth-order valence-corrected chi connectivity index (χ4v) is 3.69. The highest BCUT2D eigenvalue weighted by atomic mass is 32.2. The maximum absolute atomic E-state index is 12.9. The Hall–Kier alpha value is -1.82. The molecular weight excluding hydrogens is 320 g/mol. The van der Waals surface area contributed by atoms with Crippen molar-refractivity contribution in [2.45, 2.75) is 63.4 Å². The van der Waals surface area contributed by atoms with Crippen LogP contribution in [-0.2, 0) is 6.54 Å². The van der Waals surface area contributed by atoms with Gasteiger partial charge in [-0.25, -0.2) is 0 Å². The number of aryl methyl sites for hydroxylation is 1. The van der Waals surface area contributed by atoms with Crippen LogP contribution in [0.15, 0.2) is 34.2 Å². The van der Waals surface area contributed by atoms with Crippen LogP contribution in [0.5, 0.6) is 0 Å². The molecule has 0 aliphatic heterocycles. The van der Waals surface area contributed by atoms with Crippen LogP contribution in [0.3, 0.4) is 0 Å². The number of aromatic nitrogens is 4. The topological polar surface area (TPSA) is 52.2 Å². The first-order valence-electron chi connectivity index (χ1n) is 8.70. The number of hydrogen-bond donors (Lipinski definition) is 0. The highest BCUT2D eigenvalue weighted by Crippen LogP contribution is 2.26. The Bertz CT molecular complexity index is 899. The van der Waals surface area contributed by atoms with E-state index in [4.69, 9.17) is 0 Å². The van der Waals surface area contributed by atoms with Gasteiger partial charge in [0.1, 0.15) is 0 Å². The van der Waals surface area contributed by atoms with E-state index in [0.717, 1.165) is 41.7 Å². The summed E-state index contributed by atoms with van der Waals surface area (Å²) in [6.45, 7) is 7.20. The predicted molar refractivity (Wildman–Crippen MR) is 99.9 cm³/mol. The Labute approximate surface area is 146 Å². The zero-order valence-corrected chi connectivity index (χ0v) is 15.3. The number of thioether (sulfide) groups is 1. The lowest BCUT2D eigenvalue weighted by atomic mass is 10.2. The third kappa shape index (κ3) is 3.07. The van der Waals surface area contributed by atoms with Crippen LogP contribution >= 0.6 is 11.8 Å². The Morgan fingerprint density at radius 2 is 1.96 bits per heavy atom. The van der Waals surface area contributed by atoms with Gasteiger partial charge in [-0.3, -0.25) is 13.8 Å². The summed E-state index contributed by atoms with van der Waals surface area (Å²) >= 11 is 1.71. The first-order valence-corrected chi connectivity index (χ1v) is 9.58. The van der Waals surface area contributed by atoms with Gasteiger partial charge in [0, 0.05) is 11.8 Å². The zero-order valence-electron chi connectivity index (χ0n) is 14.5. The number of nitrogens with zero attached hydrogens (tertiary/aromatic N) is 4. The van der Waals surface area contributed by atoms with Crippen LogP contribution in [0.25, 0.3) is 16.7 Å². The number of benzene rings is 1. The monoisotopic (exact) mass is 344 g/mol. The van der Waals surface area contributed by atoms with Crippen LogP contribution in [0, 0.1) is 0 Å². The third-order valence-electron chi connectivity index (χ3n) is 4.34. The summed E-state index contributed by atoms with van der Waals surface area (Å²) in [4.78, 5) is 12.9. The van der Waals surface area contributed by atoms with Crippen molar-refractivity contribution in [1.82, 2.24) is 19.2 Å². The minimum atomic E-state index is 0.0293. The van der Waals surface area contributed by atoms with E-state index in [1.165, 1.54) is 0 Å². The number of rotatable bonds is 7. The average Bonchev–Trinajstić information content (AvgIpc) is 3.01. The van der Waals surface area contributed by atoms with Crippen LogP contribution in [0.2, 0.25) is 0 Å². The minimum absolute atomic E-state index is 0.0293. The molecule has 3 aromatic rings. The first-order chi connectivity index (χ1) is 11.7. The average molecular weight is 344 g/mol. The largest absolute Gasteiger partial charge is 0.276 e. The van der Waals surface area contributed by atoms with E-state index in [-0.39, 0.29) is 5.56 Å². The lowest BCUT2D eigenvalue weighted by Crippen LogP contribution is -2.23. The van der Waals surface area contributed by atoms with Gasteiger partial charge in [0.05, 0.1) is 10.9 Å². The molecule has 6 heteroatoms. The molecule has 0 bridgehead atoms. The molecular formula is C18H24N4OS. The normalized spacial score (nSPS) is 13.0. The summed E-state index contributed by atoms with van der Waals surface area (Å²) < 4.78 is 3.82. The van der Waals surface area contributed by atoms with E-state index in [2.05, 4.69) is 31.0 Å². The smallest absolute Gasteiger partial charge is 0.262 e. The Balaban J connectivity index is 2.22. The number of fused-ring (bicyclic) bond motifs is 3. The molecule has 0 spiro atoms. The quantitative estimate of drug-likeness (QED) is 0.478. The Morgan fingerprint density at radius 1 is 1.17 bits per heavy atom. The molecule has 2 aromatic heterocycles.